The van der Waals surface area contributed by atoms with E-state index < -0.39 is 5.97 Å². The third-order valence-corrected chi connectivity index (χ3v) is 2.26. The molecule has 0 spiro atoms. The van der Waals surface area contributed by atoms with Gasteiger partial charge in [0.15, 0.2) is 0 Å². The molecule has 1 aliphatic heterocycles. The number of carboxylic acids is 1. The quantitative estimate of drug-likeness (QED) is 0.684. The van der Waals surface area contributed by atoms with E-state index in [0.717, 1.165) is 19.5 Å². The summed E-state index contributed by atoms with van der Waals surface area (Å²) in [5.41, 5.74) is 2.51. The number of hydrogen-bond donors (Lipinski definition) is 2. The van der Waals surface area contributed by atoms with E-state index in [4.69, 9.17) is 5.11 Å². The SMILES string of the molecule is O=C(O)Cn1cc2c(c1)CNCC2. The summed E-state index contributed by atoms with van der Waals surface area (Å²) in [6, 6.07) is 0. The van der Waals surface area contributed by atoms with Crippen molar-refractivity contribution in [2.75, 3.05) is 6.54 Å². The van der Waals surface area contributed by atoms with E-state index in [1.807, 2.05) is 12.4 Å². The van der Waals surface area contributed by atoms with Crippen molar-refractivity contribution < 1.29 is 9.90 Å². The maximum absolute atomic E-state index is 10.4. The van der Waals surface area contributed by atoms with E-state index in [9.17, 15) is 4.79 Å². The topological polar surface area (TPSA) is 54.3 Å². The van der Waals surface area contributed by atoms with Gasteiger partial charge in [0.1, 0.15) is 6.54 Å². The fourth-order valence-corrected chi connectivity index (χ4v) is 1.68. The van der Waals surface area contributed by atoms with Crippen LogP contribution in [0.3, 0.4) is 0 Å². The van der Waals surface area contributed by atoms with E-state index >= 15 is 0 Å². The smallest absolute Gasteiger partial charge is 0.323 e. The number of aliphatic carboxylic acids is 1. The lowest BCUT2D eigenvalue weighted by Crippen LogP contribution is -2.22. The van der Waals surface area contributed by atoms with Crippen LogP contribution in [0.5, 0.6) is 0 Å². The Morgan fingerprint density at radius 2 is 2.31 bits per heavy atom. The molecule has 0 radical (unpaired) electrons. The predicted molar refractivity (Wildman–Crippen MR) is 47.5 cm³/mol. The average molecular weight is 180 g/mol. The summed E-state index contributed by atoms with van der Waals surface area (Å²) >= 11 is 0. The number of carboxylic acid groups (broad SMARTS) is 1. The second-order valence-electron chi connectivity index (χ2n) is 3.30. The highest BCUT2D eigenvalue weighted by molar-refractivity contribution is 5.66. The molecule has 0 bridgehead atoms. The number of nitrogens with one attached hydrogen (secondary N) is 1. The highest BCUT2D eigenvalue weighted by Crippen LogP contribution is 2.14. The van der Waals surface area contributed by atoms with Gasteiger partial charge in [0.05, 0.1) is 0 Å². The standard InChI is InChI=1S/C9H12N2O2/c12-9(13)6-11-4-7-1-2-10-3-8(7)5-11/h4-5,10H,1-3,6H2,(H,12,13). The van der Waals surface area contributed by atoms with Crippen LogP contribution in [-0.4, -0.2) is 22.2 Å². The fraction of sp³-hybridized carbons (Fsp3) is 0.444. The number of fused-ring (bicyclic) bond motifs is 1. The Labute approximate surface area is 76.2 Å². The molecule has 0 amide bonds. The number of hydrogen-bond acceptors (Lipinski definition) is 2. The molecule has 0 aromatic carbocycles. The molecular weight excluding hydrogens is 168 g/mol. The van der Waals surface area contributed by atoms with Crippen LogP contribution in [0.1, 0.15) is 11.1 Å². The Hall–Kier alpha value is -1.29. The van der Waals surface area contributed by atoms with Gasteiger partial charge in [-0.1, -0.05) is 0 Å². The zero-order chi connectivity index (χ0) is 9.26. The van der Waals surface area contributed by atoms with Crippen LogP contribution < -0.4 is 5.32 Å². The highest BCUT2D eigenvalue weighted by Gasteiger charge is 2.11. The molecule has 0 saturated heterocycles. The molecule has 0 atom stereocenters. The van der Waals surface area contributed by atoms with Crippen molar-refractivity contribution in [2.45, 2.75) is 19.5 Å². The van der Waals surface area contributed by atoms with Crippen molar-refractivity contribution >= 4 is 5.97 Å². The van der Waals surface area contributed by atoms with Crippen LogP contribution in [0.2, 0.25) is 0 Å². The van der Waals surface area contributed by atoms with Gasteiger partial charge < -0.3 is 15.0 Å². The van der Waals surface area contributed by atoms with E-state index in [2.05, 4.69) is 5.32 Å². The van der Waals surface area contributed by atoms with Gasteiger partial charge in [-0.15, -0.1) is 0 Å². The minimum Gasteiger partial charge on any atom is -0.480 e. The largest absolute Gasteiger partial charge is 0.480 e. The molecule has 2 rings (SSSR count). The molecule has 1 aromatic rings. The van der Waals surface area contributed by atoms with Crippen molar-refractivity contribution in [1.29, 1.82) is 0 Å². The Kier molecular flexibility index (Phi) is 2.06. The molecule has 0 fully saturated rings. The molecule has 4 heteroatoms. The van der Waals surface area contributed by atoms with Crippen LogP contribution in [0.25, 0.3) is 0 Å². The van der Waals surface area contributed by atoms with Crippen LogP contribution in [-0.2, 0) is 24.3 Å². The van der Waals surface area contributed by atoms with Gasteiger partial charge in [0.2, 0.25) is 0 Å². The Morgan fingerprint density at radius 1 is 1.54 bits per heavy atom. The molecule has 4 nitrogen and oxygen atoms in total. The number of aromatic nitrogens is 1. The third kappa shape index (κ3) is 1.72. The zero-order valence-corrected chi connectivity index (χ0v) is 7.29. The van der Waals surface area contributed by atoms with E-state index in [0.29, 0.717) is 0 Å². The minimum atomic E-state index is -0.791. The maximum atomic E-state index is 10.4. The lowest BCUT2D eigenvalue weighted by molar-refractivity contribution is -0.137. The summed E-state index contributed by atoms with van der Waals surface area (Å²) in [5, 5.41) is 11.8. The fourth-order valence-electron chi connectivity index (χ4n) is 1.68. The molecule has 1 aliphatic rings. The van der Waals surface area contributed by atoms with Gasteiger partial charge in [-0.25, -0.2) is 0 Å². The molecule has 0 aliphatic carbocycles. The van der Waals surface area contributed by atoms with E-state index in [-0.39, 0.29) is 6.54 Å². The lowest BCUT2D eigenvalue weighted by atomic mass is 10.1. The Morgan fingerprint density at radius 3 is 3.00 bits per heavy atom. The molecular formula is C9H12N2O2. The summed E-state index contributed by atoms with van der Waals surface area (Å²) in [4.78, 5) is 10.4. The zero-order valence-electron chi connectivity index (χ0n) is 7.29. The minimum absolute atomic E-state index is 0.0625. The van der Waals surface area contributed by atoms with Gasteiger partial charge in [-0.05, 0) is 24.1 Å². The van der Waals surface area contributed by atoms with E-state index in [1.54, 1.807) is 4.57 Å². The van der Waals surface area contributed by atoms with Crippen molar-refractivity contribution in [2.24, 2.45) is 0 Å². The lowest BCUT2D eigenvalue weighted by Gasteiger charge is -2.10. The number of rotatable bonds is 2. The van der Waals surface area contributed by atoms with Crippen molar-refractivity contribution in [3.63, 3.8) is 0 Å². The first-order valence-corrected chi connectivity index (χ1v) is 4.36. The molecule has 13 heavy (non-hydrogen) atoms. The van der Waals surface area contributed by atoms with Crippen LogP contribution in [0.4, 0.5) is 0 Å². The summed E-state index contributed by atoms with van der Waals surface area (Å²) in [6.07, 6.45) is 4.85. The molecule has 70 valence electrons. The molecule has 0 unspecified atom stereocenters. The molecule has 0 saturated carbocycles. The van der Waals surface area contributed by atoms with Gasteiger partial charge in [0.25, 0.3) is 0 Å². The van der Waals surface area contributed by atoms with Gasteiger partial charge in [-0.2, -0.15) is 0 Å². The van der Waals surface area contributed by atoms with Gasteiger partial charge in [0, 0.05) is 18.9 Å². The van der Waals surface area contributed by atoms with Crippen molar-refractivity contribution in [3.8, 4) is 0 Å². The number of carbonyl (C=O) groups is 1. The monoisotopic (exact) mass is 180 g/mol. The van der Waals surface area contributed by atoms with Gasteiger partial charge in [-0.3, -0.25) is 4.79 Å². The summed E-state index contributed by atoms with van der Waals surface area (Å²) in [5.74, 6) is -0.791. The second-order valence-corrected chi connectivity index (χ2v) is 3.30. The summed E-state index contributed by atoms with van der Waals surface area (Å²) in [7, 11) is 0. The Balaban J connectivity index is 2.20. The predicted octanol–water partition coefficient (Wildman–Crippen LogP) is 0.218. The number of nitrogens with zero attached hydrogens (tertiary/aromatic N) is 1. The summed E-state index contributed by atoms with van der Waals surface area (Å²) < 4.78 is 1.74. The maximum Gasteiger partial charge on any atom is 0.323 e. The van der Waals surface area contributed by atoms with E-state index in [1.165, 1.54) is 11.1 Å². The van der Waals surface area contributed by atoms with Crippen molar-refractivity contribution in [3.05, 3.63) is 23.5 Å². The van der Waals surface area contributed by atoms with Gasteiger partial charge >= 0.3 is 5.97 Å². The average Bonchev–Trinajstić information content (AvgIpc) is 2.44. The van der Waals surface area contributed by atoms with Crippen LogP contribution in [0, 0.1) is 0 Å². The molecule has 2 heterocycles. The molecule has 1 aromatic heterocycles. The Bertz CT molecular complexity index is 307. The second kappa shape index (κ2) is 3.22. The van der Waals surface area contributed by atoms with Crippen LogP contribution in [0.15, 0.2) is 12.4 Å². The first kappa shape index (κ1) is 8.31. The molecule has 2 N–H and O–H groups in total. The van der Waals surface area contributed by atoms with Crippen molar-refractivity contribution in [1.82, 2.24) is 9.88 Å². The first-order valence-electron chi connectivity index (χ1n) is 4.36. The highest BCUT2D eigenvalue weighted by atomic mass is 16.4. The first-order chi connectivity index (χ1) is 6.25. The normalized spacial score (nSPS) is 15.4. The summed E-state index contributed by atoms with van der Waals surface area (Å²) in [6.45, 7) is 1.92. The third-order valence-electron chi connectivity index (χ3n) is 2.26. The van der Waals surface area contributed by atoms with Crippen LogP contribution >= 0.6 is 0 Å².